The summed E-state index contributed by atoms with van der Waals surface area (Å²) in [7, 11) is 0. The second-order valence-corrected chi connectivity index (χ2v) is 8.06. The largest absolute Gasteiger partial charge is 0.457 e. The Morgan fingerprint density at radius 3 is 1.78 bits per heavy atom. The van der Waals surface area contributed by atoms with Gasteiger partial charge in [-0.1, -0.05) is 48.3 Å². The van der Waals surface area contributed by atoms with Crippen molar-refractivity contribution in [1.29, 1.82) is 10.5 Å². The molecule has 0 bridgehead atoms. The summed E-state index contributed by atoms with van der Waals surface area (Å²) in [6.45, 7) is 2.08. The summed E-state index contributed by atoms with van der Waals surface area (Å²) in [6.07, 6.45) is 0.903. The third-order valence-corrected chi connectivity index (χ3v) is 5.45. The highest BCUT2D eigenvalue weighted by Crippen LogP contribution is 2.30. The van der Waals surface area contributed by atoms with Gasteiger partial charge in [-0.05, 0) is 54.4 Å². The van der Waals surface area contributed by atoms with E-state index in [0.29, 0.717) is 21.9 Å². The van der Waals surface area contributed by atoms with Crippen LogP contribution in [0.4, 0.5) is 8.78 Å². The molecule has 4 rings (SSSR count). The van der Waals surface area contributed by atoms with Crippen LogP contribution in [-0.2, 0) is 6.42 Å². The fourth-order valence-corrected chi connectivity index (χ4v) is 3.43. The summed E-state index contributed by atoms with van der Waals surface area (Å²) in [5, 5.41) is 18.1. The molecule has 0 heterocycles. The lowest BCUT2D eigenvalue weighted by molar-refractivity contribution is 0.437. The average Bonchev–Trinajstić information content (AvgIpc) is 2.87. The maximum Gasteiger partial charge on any atom is 0.168 e. The van der Waals surface area contributed by atoms with Crippen LogP contribution in [-0.4, -0.2) is 0 Å². The Morgan fingerprint density at radius 2 is 1.28 bits per heavy atom. The van der Waals surface area contributed by atoms with E-state index in [1.54, 1.807) is 18.2 Å². The Morgan fingerprint density at radius 1 is 0.722 bits per heavy atom. The molecule has 4 nitrogen and oxygen atoms in total. The molecule has 0 aromatic heterocycles. The summed E-state index contributed by atoms with van der Waals surface area (Å²) < 4.78 is 37.0. The van der Waals surface area contributed by atoms with Gasteiger partial charge in [0.15, 0.2) is 11.6 Å². The number of rotatable bonds is 5. The monoisotopic (exact) mass is 522 g/mol. The molecule has 0 N–H and O–H groups in total. The van der Waals surface area contributed by atoms with E-state index in [-0.39, 0.29) is 16.5 Å². The second-order valence-electron chi connectivity index (χ2n) is 7.25. The van der Waals surface area contributed by atoms with Crippen LogP contribution in [0.1, 0.15) is 23.6 Å². The van der Waals surface area contributed by atoms with Gasteiger partial charge in [0.2, 0.25) is 0 Å². The van der Waals surface area contributed by atoms with Crippen LogP contribution in [0, 0.1) is 34.3 Å². The number of nitriles is 2. The van der Waals surface area contributed by atoms with E-state index in [1.807, 2.05) is 36.4 Å². The highest BCUT2D eigenvalue weighted by molar-refractivity contribution is 6.32. The standard InChI is InChI=1S/C15H12ClNO.C13H6ClF2NO/c1-2-11-5-3-4-6-15(11)18-13-8-7-12(10-17)14(16)9-13;14-11-6-10(3-1-8(11)7-17)18-13-4-2-9(15)5-12(13)16/h3-9H,2H2,1H3;1-6H. The predicted octanol–water partition coefficient (Wildman–Crippen LogP) is 8.85. The van der Waals surface area contributed by atoms with Crippen LogP contribution < -0.4 is 9.47 Å². The molecular weight excluding hydrogens is 505 g/mol. The van der Waals surface area contributed by atoms with Gasteiger partial charge in [0, 0.05) is 18.2 Å². The topological polar surface area (TPSA) is 66.0 Å². The fourth-order valence-electron chi connectivity index (χ4n) is 3.01. The SMILES string of the molecule is CCc1ccccc1Oc1ccc(C#N)c(Cl)c1.N#Cc1ccc(Oc2ccc(F)cc2F)cc1Cl. The molecular formula is C28H18Cl2F2N2O2. The Labute approximate surface area is 217 Å². The highest BCUT2D eigenvalue weighted by Gasteiger charge is 2.08. The summed E-state index contributed by atoms with van der Waals surface area (Å²) in [6, 6.07) is 24.2. The molecule has 0 saturated carbocycles. The first kappa shape index (κ1) is 26.5. The smallest absolute Gasteiger partial charge is 0.168 e. The van der Waals surface area contributed by atoms with Crippen LogP contribution in [0.25, 0.3) is 0 Å². The molecule has 180 valence electrons. The molecule has 0 aliphatic carbocycles. The zero-order chi connectivity index (χ0) is 26.1. The number of benzene rings is 4. The van der Waals surface area contributed by atoms with Crippen molar-refractivity contribution in [2.45, 2.75) is 13.3 Å². The molecule has 0 unspecified atom stereocenters. The highest BCUT2D eigenvalue weighted by atomic mass is 35.5. The van der Waals surface area contributed by atoms with Crippen molar-refractivity contribution in [2.75, 3.05) is 0 Å². The molecule has 0 aliphatic heterocycles. The summed E-state index contributed by atoms with van der Waals surface area (Å²) in [5.41, 5.74) is 1.88. The van der Waals surface area contributed by atoms with Crippen molar-refractivity contribution in [3.8, 4) is 35.1 Å². The molecule has 0 aliphatic rings. The minimum atomic E-state index is -0.810. The zero-order valence-corrected chi connectivity index (χ0v) is 20.4. The normalized spacial score (nSPS) is 9.86. The zero-order valence-electron chi connectivity index (χ0n) is 18.9. The van der Waals surface area contributed by atoms with Gasteiger partial charge in [-0.15, -0.1) is 0 Å². The quantitative estimate of drug-likeness (QED) is 0.262. The van der Waals surface area contributed by atoms with E-state index in [2.05, 4.69) is 6.92 Å². The van der Waals surface area contributed by atoms with Gasteiger partial charge in [0.1, 0.15) is 35.2 Å². The Balaban J connectivity index is 0.000000201. The number of nitrogens with zero attached hydrogens (tertiary/aromatic N) is 2. The summed E-state index contributed by atoms with van der Waals surface area (Å²) >= 11 is 11.8. The van der Waals surface area contributed by atoms with Crippen molar-refractivity contribution in [2.24, 2.45) is 0 Å². The van der Waals surface area contributed by atoms with Crippen molar-refractivity contribution >= 4 is 23.2 Å². The lowest BCUT2D eigenvalue weighted by Crippen LogP contribution is -1.90. The second kappa shape index (κ2) is 12.6. The van der Waals surface area contributed by atoms with Crippen LogP contribution in [0.2, 0.25) is 10.0 Å². The third kappa shape index (κ3) is 6.96. The van der Waals surface area contributed by atoms with E-state index in [0.717, 1.165) is 29.9 Å². The number of hydrogen-bond donors (Lipinski definition) is 0. The lowest BCUT2D eigenvalue weighted by atomic mass is 10.1. The minimum Gasteiger partial charge on any atom is -0.457 e. The molecule has 36 heavy (non-hydrogen) atoms. The average molecular weight is 523 g/mol. The Bertz CT molecular complexity index is 1460. The van der Waals surface area contributed by atoms with Crippen molar-refractivity contribution in [3.63, 3.8) is 0 Å². The van der Waals surface area contributed by atoms with Gasteiger partial charge in [-0.2, -0.15) is 10.5 Å². The number of hydrogen-bond acceptors (Lipinski definition) is 4. The maximum absolute atomic E-state index is 13.3. The van der Waals surface area contributed by atoms with Crippen molar-refractivity contribution in [3.05, 3.63) is 117 Å². The predicted molar refractivity (Wildman–Crippen MR) is 135 cm³/mol. The number of halogens is 4. The summed E-state index contributed by atoms with van der Waals surface area (Å²) in [4.78, 5) is 0. The molecule has 0 amide bonds. The first-order chi connectivity index (χ1) is 17.3. The van der Waals surface area contributed by atoms with Gasteiger partial charge in [0.25, 0.3) is 0 Å². The molecule has 8 heteroatoms. The van der Waals surface area contributed by atoms with Gasteiger partial charge in [-0.25, -0.2) is 8.78 Å². The Hall–Kier alpha value is -4.10. The van der Waals surface area contributed by atoms with Crippen LogP contribution in [0.15, 0.2) is 78.9 Å². The van der Waals surface area contributed by atoms with Crippen LogP contribution in [0.3, 0.4) is 0 Å². The van der Waals surface area contributed by atoms with Crippen LogP contribution >= 0.6 is 23.2 Å². The molecule has 0 spiro atoms. The van der Waals surface area contributed by atoms with E-state index in [4.69, 9.17) is 43.2 Å². The molecule has 0 radical (unpaired) electrons. The molecule has 4 aromatic carbocycles. The first-order valence-electron chi connectivity index (χ1n) is 10.6. The van der Waals surface area contributed by atoms with E-state index in [9.17, 15) is 8.78 Å². The number of ether oxygens (including phenoxy) is 2. The molecule has 0 fully saturated rings. The summed E-state index contributed by atoms with van der Waals surface area (Å²) in [5.74, 6) is 0.121. The van der Waals surface area contributed by atoms with E-state index >= 15 is 0 Å². The third-order valence-electron chi connectivity index (χ3n) is 4.83. The fraction of sp³-hybridized carbons (Fsp3) is 0.0714. The lowest BCUT2D eigenvalue weighted by Gasteiger charge is -2.10. The molecule has 0 atom stereocenters. The van der Waals surface area contributed by atoms with Crippen LogP contribution in [0.5, 0.6) is 23.0 Å². The Kier molecular flexibility index (Phi) is 9.25. The van der Waals surface area contributed by atoms with E-state index in [1.165, 1.54) is 24.3 Å². The minimum absolute atomic E-state index is 0.114. The van der Waals surface area contributed by atoms with Gasteiger partial charge in [0.05, 0.1) is 21.2 Å². The number of para-hydroxylation sites is 1. The molecule has 4 aromatic rings. The van der Waals surface area contributed by atoms with Gasteiger partial charge >= 0.3 is 0 Å². The van der Waals surface area contributed by atoms with Crippen molar-refractivity contribution < 1.29 is 18.3 Å². The first-order valence-corrected chi connectivity index (χ1v) is 11.4. The van der Waals surface area contributed by atoms with Crippen molar-refractivity contribution in [1.82, 2.24) is 0 Å². The maximum atomic E-state index is 13.3. The van der Waals surface area contributed by atoms with Gasteiger partial charge in [-0.3, -0.25) is 0 Å². The molecule has 0 saturated heterocycles. The van der Waals surface area contributed by atoms with E-state index < -0.39 is 11.6 Å². The number of aryl methyl sites for hydroxylation is 1. The van der Waals surface area contributed by atoms with Gasteiger partial charge < -0.3 is 9.47 Å².